The lowest BCUT2D eigenvalue weighted by Gasteiger charge is -2.33. The molecule has 5 nitrogen and oxygen atoms in total. The number of nitrogens with zero attached hydrogens (tertiary/aromatic N) is 3. The van der Waals surface area contributed by atoms with Crippen molar-refractivity contribution in [2.24, 2.45) is 4.99 Å². The lowest BCUT2D eigenvalue weighted by Crippen LogP contribution is -2.41. The van der Waals surface area contributed by atoms with E-state index in [1.54, 1.807) is 0 Å². The summed E-state index contributed by atoms with van der Waals surface area (Å²) in [4.78, 5) is 9.62. The third kappa shape index (κ3) is 10.4. The van der Waals surface area contributed by atoms with Crippen LogP contribution >= 0.6 is 24.0 Å². The highest BCUT2D eigenvalue weighted by molar-refractivity contribution is 14.0. The molecule has 1 fully saturated rings. The second-order valence-corrected chi connectivity index (χ2v) is 6.32. The second kappa shape index (κ2) is 14.3. The lowest BCUT2D eigenvalue weighted by molar-refractivity contribution is 0.160. The molecule has 1 saturated heterocycles. The Kier molecular flexibility index (Phi) is 14.2. The smallest absolute Gasteiger partial charge is 0.191 e. The molecule has 0 aliphatic carbocycles. The first kappa shape index (κ1) is 22.9. The normalized spacial score (nSPS) is 19.5. The minimum absolute atomic E-state index is 0. The van der Waals surface area contributed by atoms with Gasteiger partial charge in [-0.3, -0.25) is 4.99 Å². The first-order valence-electron chi connectivity index (χ1n) is 9.12. The average Bonchev–Trinajstić information content (AvgIpc) is 2.52. The molecule has 0 aromatic rings. The highest BCUT2D eigenvalue weighted by Gasteiger charge is 2.16. The summed E-state index contributed by atoms with van der Waals surface area (Å²) in [5.74, 6) is 0.957. The van der Waals surface area contributed by atoms with Gasteiger partial charge < -0.3 is 20.4 Å². The SMILES string of the molecule is CCNC(=NCCCN1CCCCC1C)NCCN(C)CC.I. The molecule has 1 aliphatic heterocycles. The van der Waals surface area contributed by atoms with Gasteiger partial charge in [0.2, 0.25) is 0 Å². The van der Waals surface area contributed by atoms with Crippen LogP contribution in [0.1, 0.15) is 46.5 Å². The number of hydrogen-bond donors (Lipinski definition) is 2. The van der Waals surface area contributed by atoms with E-state index in [1.165, 1.54) is 32.4 Å². The van der Waals surface area contributed by atoms with Gasteiger partial charge in [0, 0.05) is 38.8 Å². The Hall–Kier alpha value is -0.0800. The molecule has 0 spiro atoms. The van der Waals surface area contributed by atoms with Crippen molar-refractivity contribution in [3.8, 4) is 0 Å². The Morgan fingerprint density at radius 2 is 2.04 bits per heavy atom. The van der Waals surface area contributed by atoms with Crippen LogP contribution in [0.25, 0.3) is 0 Å². The van der Waals surface area contributed by atoms with Gasteiger partial charge in [0.05, 0.1) is 0 Å². The predicted molar refractivity (Wildman–Crippen MR) is 112 cm³/mol. The molecule has 0 amide bonds. The summed E-state index contributed by atoms with van der Waals surface area (Å²) in [7, 11) is 2.14. The van der Waals surface area contributed by atoms with Crippen molar-refractivity contribution in [1.29, 1.82) is 0 Å². The minimum Gasteiger partial charge on any atom is -0.357 e. The topological polar surface area (TPSA) is 42.9 Å². The van der Waals surface area contributed by atoms with Gasteiger partial charge in [-0.1, -0.05) is 13.3 Å². The third-order valence-corrected chi connectivity index (χ3v) is 4.48. The number of guanidine groups is 1. The van der Waals surface area contributed by atoms with Gasteiger partial charge in [0.25, 0.3) is 0 Å². The fourth-order valence-electron chi connectivity index (χ4n) is 2.82. The maximum atomic E-state index is 4.69. The number of halogens is 1. The van der Waals surface area contributed by atoms with Crippen LogP contribution < -0.4 is 10.6 Å². The van der Waals surface area contributed by atoms with Crippen LogP contribution in [0, 0.1) is 0 Å². The molecule has 23 heavy (non-hydrogen) atoms. The molecular formula is C17H38IN5. The van der Waals surface area contributed by atoms with Crippen LogP contribution in [-0.4, -0.2) is 74.7 Å². The molecule has 1 rings (SSSR count). The van der Waals surface area contributed by atoms with Crippen LogP contribution in [0.15, 0.2) is 4.99 Å². The van der Waals surface area contributed by atoms with Crippen molar-refractivity contribution in [3.05, 3.63) is 0 Å². The van der Waals surface area contributed by atoms with Crippen molar-refractivity contribution in [3.63, 3.8) is 0 Å². The molecule has 0 radical (unpaired) electrons. The number of nitrogens with one attached hydrogen (secondary N) is 2. The van der Waals surface area contributed by atoms with Gasteiger partial charge >= 0.3 is 0 Å². The molecule has 0 aromatic heterocycles. The fourth-order valence-corrected chi connectivity index (χ4v) is 2.82. The number of rotatable bonds is 9. The standard InChI is InChI=1S/C17H37N5.HI/c1-5-18-17(20-12-15-21(4)6-2)19-11-9-14-22-13-8-7-10-16(22)3;/h16H,5-15H2,1-4H3,(H2,18,19,20);1H. The first-order valence-corrected chi connectivity index (χ1v) is 9.12. The van der Waals surface area contributed by atoms with Gasteiger partial charge in [-0.2, -0.15) is 0 Å². The summed E-state index contributed by atoms with van der Waals surface area (Å²) in [6.07, 6.45) is 5.27. The largest absolute Gasteiger partial charge is 0.357 e. The zero-order chi connectivity index (χ0) is 16.2. The summed E-state index contributed by atoms with van der Waals surface area (Å²) < 4.78 is 0. The molecule has 1 heterocycles. The molecule has 1 unspecified atom stereocenters. The van der Waals surface area contributed by atoms with E-state index in [9.17, 15) is 0 Å². The predicted octanol–water partition coefficient (Wildman–Crippen LogP) is 2.38. The first-order chi connectivity index (χ1) is 10.7. The van der Waals surface area contributed by atoms with E-state index >= 15 is 0 Å². The zero-order valence-electron chi connectivity index (χ0n) is 15.6. The van der Waals surface area contributed by atoms with Gasteiger partial charge in [-0.25, -0.2) is 0 Å². The summed E-state index contributed by atoms with van der Waals surface area (Å²) in [6, 6.07) is 0.758. The molecule has 0 aromatic carbocycles. The molecule has 0 saturated carbocycles. The third-order valence-electron chi connectivity index (χ3n) is 4.48. The van der Waals surface area contributed by atoms with E-state index in [4.69, 9.17) is 4.99 Å². The highest BCUT2D eigenvalue weighted by Crippen LogP contribution is 2.16. The Labute approximate surface area is 160 Å². The van der Waals surface area contributed by atoms with Crippen molar-refractivity contribution in [2.45, 2.75) is 52.5 Å². The van der Waals surface area contributed by atoms with Crippen LogP contribution in [0.3, 0.4) is 0 Å². The van der Waals surface area contributed by atoms with Gasteiger partial charge in [0.1, 0.15) is 0 Å². The van der Waals surface area contributed by atoms with Gasteiger partial charge in [0.15, 0.2) is 5.96 Å². The Balaban J connectivity index is 0.00000484. The minimum atomic E-state index is 0. The van der Waals surface area contributed by atoms with Gasteiger partial charge in [-0.05, 0) is 53.2 Å². The number of aliphatic imine (C=N–C) groups is 1. The number of hydrogen-bond acceptors (Lipinski definition) is 3. The van der Waals surface area contributed by atoms with Gasteiger partial charge in [-0.15, -0.1) is 24.0 Å². The molecular weight excluding hydrogens is 401 g/mol. The lowest BCUT2D eigenvalue weighted by atomic mass is 10.0. The zero-order valence-corrected chi connectivity index (χ0v) is 17.9. The molecule has 138 valence electrons. The summed E-state index contributed by atoms with van der Waals surface area (Å²) in [6.45, 7) is 14.0. The van der Waals surface area contributed by atoms with Crippen molar-refractivity contribution in [2.75, 3.05) is 52.9 Å². The Bertz CT molecular complexity index is 311. The van der Waals surface area contributed by atoms with Crippen LogP contribution in [0.2, 0.25) is 0 Å². The molecule has 0 bridgehead atoms. The van der Waals surface area contributed by atoms with E-state index < -0.39 is 0 Å². The summed E-state index contributed by atoms with van der Waals surface area (Å²) in [5, 5.41) is 6.75. The average molecular weight is 439 g/mol. The number of likely N-dealkylation sites (tertiary alicyclic amines) is 1. The molecule has 6 heteroatoms. The quantitative estimate of drug-likeness (QED) is 0.251. The Morgan fingerprint density at radius 3 is 2.70 bits per heavy atom. The van der Waals surface area contributed by atoms with Crippen LogP contribution in [0.4, 0.5) is 0 Å². The molecule has 1 atom stereocenters. The van der Waals surface area contributed by atoms with Crippen molar-refractivity contribution in [1.82, 2.24) is 20.4 Å². The van der Waals surface area contributed by atoms with Crippen molar-refractivity contribution < 1.29 is 0 Å². The Morgan fingerprint density at radius 1 is 1.26 bits per heavy atom. The van der Waals surface area contributed by atoms with E-state index in [-0.39, 0.29) is 24.0 Å². The van der Waals surface area contributed by atoms with E-state index in [1.807, 2.05) is 0 Å². The highest BCUT2D eigenvalue weighted by atomic mass is 127. The monoisotopic (exact) mass is 439 g/mol. The van der Waals surface area contributed by atoms with E-state index in [2.05, 4.69) is 48.3 Å². The summed E-state index contributed by atoms with van der Waals surface area (Å²) in [5.41, 5.74) is 0. The molecule has 2 N–H and O–H groups in total. The molecule has 1 aliphatic rings. The van der Waals surface area contributed by atoms with Crippen LogP contribution in [0.5, 0.6) is 0 Å². The van der Waals surface area contributed by atoms with E-state index in [0.29, 0.717) is 0 Å². The maximum Gasteiger partial charge on any atom is 0.191 e. The second-order valence-electron chi connectivity index (χ2n) is 6.32. The van der Waals surface area contributed by atoms with Crippen LogP contribution in [-0.2, 0) is 0 Å². The van der Waals surface area contributed by atoms with Crippen molar-refractivity contribution >= 4 is 29.9 Å². The summed E-state index contributed by atoms with van der Waals surface area (Å²) >= 11 is 0. The fraction of sp³-hybridized carbons (Fsp3) is 0.941. The number of likely N-dealkylation sites (N-methyl/N-ethyl adjacent to an activating group) is 1. The van der Waals surface area contributed by atoms with E-state index in [0.717, 1.165) is 51.1 Å². The maximum absolute atomic E-state index is 4.69. The number of piperidine rings is 1.